The smallest absolute Gasteiger partial charge is 0.255 e. The zero-order valence-corrected chi connectivity index (χ0v) is 28.3. The van der Waals surface area contributed by atoms with E-state index < -0.39 is 0 Å². The van der Waals surface area contributed by atoms with Gasteiger partial charge in [0.25, 0.3) is 5.91 Å². The monoisotopic (exact) mass is 646 g/mol. The number of carbonyl (C=O) groups is 2. The molecule has 1 aliphatic heterocycles. The lowest BCUT2D eigenvalue weighted by Crippen LogP contribution is -2.40. The Morgan fingerprint density at radius 1 is 1.12 bits per heavy atom. The molecule has 1 aliphatic rings. The van der Waals surface area contributed by atoms with Crippen LogP contribution in [0.3, 0.4) is 0 Å². The van der Waals surface area contributed by atoms with Gasteiger partial charge in [0, 0.05) is 48.4 Å². The number of nitrogens with two attached hydrogens (primary N) is 1. The van der Waals surface area contributed by atoms with Crippen LogP contribution in [0.4, 0.5) is 11.5 Å². The van der Waals surface area contributed by atoms with Gasteiger partial charge < -0.3 is 16.4 Å². The number of aryl methyl sites for hydroxylation is 1. The quantitative estimate of drug-likeness (QED) is 0.0888. The molecule has 0 spiro atoms. The molecule has 4 aromatic rings. The summed E-state index contributed by atoms with van der Waals surface area (Å²) in [4.78, 5) is 36.9. The van der Waals surface area contributed by atoms with Crippen molar-refractivity contribution in [2.75, 3.05) is 37.2 Å². The fourth-order valence-corrected chi connectivity index (χ4v) is 6.41. The number of likely N-dealkylation sites (tertiary alicyclic amines) is 1. The van der Waals surface area contributed by atoms with Gasteiger partial charge in [-0.05, 0) is 80.5 Å². The average molecular weight is 647 g/mol. The number of hydrogen-bond acceptors (Lipinski definition) is 7. The molecular weight excluding hydrogens is 600 g/mol. The van der Waals surface area contributed by atoms with Gasteiger partial charge in [-0.3, -0.25) is 14.5 Å². The molecule has 1 saturated heterocycles. The van der Waals surface area contributed by atoms with Crippen LogP contribution in [0.1, 0.15) is 85.8 Å². The van der Waals surface area contributed by atoms with Crippen LogP contribution in [0.2, 0.25) is 0 Å². The Kier molecular flexibility index (Phi) is 11.2. The summed E-state index contributed by atoms with van der Waals surface area (Å²) in [7, 11) is 0. The van der Waals surface area contributed by atoms with E-state index in [0.717, 1.165) is 61.9 Å². The van der Waals surface area contributed by atoms with Gasteiger partial charge >= 0.3 is 0 Å². The van der Waals surface area contributed by atoms with E-state index in [0.29, 0.717) is 59.2 Å². The number of unbranched alkanes of at least 4 members (excludes halogenated alkanes) is 3. The van der Waals surface area contributed by atoms with Crippen molar-refractivity contribution < 1.29 is 9.59 Å². The molecule has 2 aromatic carbocycles. The van der Waals surface area contributed by atoms with Gasteiger partial charge in [-0.15, -0.1) is 12.3 Å². The molecule has 2 amide bonds. The van der Waals surface area contributed by atoms with E-state index in [1.807, 2.05) is 28.9 Å². The van der Waals surface area contributed by atoms with Crippen LogP contribution in [0.5, 0.6) is 0 Å². The van der Waals surface area contributed by atoms with E-state index in [4.69, 9.17) is 17.3 Å². The zero-order valence-electron chi connectivity index (χ0n) is 28.3. The summed E-state index contributed by atoms with van der Waals surface area (Å²) >= 11 is 0. The average Bonchev–Trinajstić information content (AvgIpc) is 3.47. The number of hydrogen-bond donors (Lipinski definition) is 3. The Balaban J connectivity index is 1.28. The van der Waals surface area contributed by atoms with E-state index in [2.05, 4.69) is 64.8 Å². The number of fused-ring (bicyclic) bond motifs is 1. The Labute approximate surface area is 283 Å². The number of rotatable bonds is 13. The SMILES string of the molecule is C#CCCCCCNC(=O)C(=C)CN1CCCC(n2nc(-c3ccc(C(=O)Nc4ccc(C(C)C)c(C)c4)cc3)c3c(N)ncnc32)C1. The minimum Gasteiger partial charge on any atom is -0.383 e. The first-order valence-electron chi connectivity index (χ1n) is 16.8. The van der Waals surface area contributed by atoms with E-state index >= 15 is 0 Å². The first kappa shape index (κ1) is 34.3. The van der Waals surface area contributed by atoms with Crippen molar-refractivity contribution in [3.05, 3.63) is 77.6 Å². The van der Waals surface area contributed by atoms with Crippen molar-refractivity contribution in [2.45, 2.75) is 71.3 Å². The van der Waals surface area contributed by atoms with Crippen LogP contribution in [0, 0.1) is 19.3 Å². The number of nitrogens with one attached hydrogen (secondary N) is 2. The van der Waals surface area contributed by atoms with Crippen LogP contribution in [-0.4, -0.2) is 62.6 Å². The lowest BCUT2D eigenvalue weighted by molar-refractivity contribution is -0.117. The molecule has 2 aromatic heterocycles. The molecule has 250 valence electrons. The number of amides is 2. The minimum absolute atomic E-state index is 0.0203. The number of aromatic nitrogens is 4. The van der Waals surface area contributed by atoms with Crippen LogP contribution in [0.15, 0.2) is 60.9 Å². The molecule has 4 N–H and O–H groups in total. The Morgan fingerprint density at radius 3 is 2.65 bits per heavy atom. The normalized spacial score (nSPS) is 14.9. The van der Waals surface area contributed by atoms with E-state index in [-0.39, 0.29) is 17.9 Å². The fraction of sp³-hybridized carbons (Fsp3) is 0.395. The van der Waals surface area contributed by atoms with Gasteiger partial charge in [0.2, 0.25) is 5.91 Å². The molecule has 0 saturated carbocycles. The lowest BCUT2D eigenvalue weighted by atomic mass is 9.97. The fourth-order valence-electron chi connectivity index (χ4n) is 6.41. The van der Waals surface area contributed by atoms with Crippen molar-refractivity contribution in [2.24, 2.45) is 0 Å². The summed E-state index contributed by atoms with van der Waals surface area (Å²) in [5.41, 5.74) is 12.8. The standard InChI is InChI=1S/C38H46N8O2/c1-6-7-8-9-10-19-40-37(47)27(5)22-45-20-11-12-31(23-45)46-36-33(35(39)41-24-42-36)34(44-46)28-13-15-29(16-14-28)38(48)43-30-17-18-32(25(2)3)26(4)21-30/h1,13-18,21,24-25,31H,5,7-12,19-20,22-23H2,2-4H3,(H,40,47)(H,43,48)(H2,39,41,42). The summed E-state index contributed by atoms with van der Waals surface area (Å²) in [5.74, 6) is 3.11. The lowest BCUT2D eigenvalue weighted by Gasteiger charge is -2.33. The number of carbonyl (C=O) groups excluding carboxylic acids is 2. The molecule has 5 rings (SSSR count). The number of piperidine rings is 1. The molecule has 1 unspecified atom stereocenters. The van der Waals surface area contributed by atoms with Crippen molar-refractivity contribution >= 4 is 34.4 Å². The third-order valence-corrected chi connectivity index (χ3v) is 8.93. The highest BCUT2D eigenvalue weighted by Gasteiger charge is 2.27. The van der Waals surface area contributed by atoms with Crippen molar-refractivity contribution in [3.8, 4) is 23.6 Å². The molecule has 10 nitrogen and oxygen atoms in total. The topological polar surface area (TPSA) is 131 Å². The predicted octanol–water partition coefficient (Wildman–Crippen LogP) is 6.26. The molecule has 3 heterocycles. The van der Waals surface area contributed by atoms with Crippen LogP contribution < -0.4 is 16.4 Å². The molecule has 0 aliphatic carbocycles. The largest absolute Gasteiger partial charge is 0.383 e. The number of benzene rings is 2. The Morgan fingerprint density at radius 2 is 1.92 bits per heavy atom. The van der Waals surface area contributed by atoms with E-state index in [1.165, 1.54) is 11.9 Å². The number of nitrogens with zero attached hydrogens (tertiary/aromatic N) is 5. The van der Waals surface area contributed by atoms with E-state index in [1.54, 1.807) is 12.1 Å². The molecule has 0 bridgehead atoms. The second kappa shape index (κ2) is 15.7. The Bertz CT molecular complexity index is 1820. The van der Waals surface area contributed by atoms with Crippen LogP contribution in [-0.2, 0) is 4.79 Å². The molecule has 0 radical (unpaired) electrons. The molecule has 1 fully saturated rings. The van der Waals surface area contributed by atoms with Crippen LogP contribution >= 0.6 is 0 Å². The summed E-state index contributed by atoms with van der Waals surface area (Å²) in [6.45, 7) is 13.1. The van der Waals surface area contributed by atoms with Crippen molar-refractivity contribution in [1.82, 2.24) is 30.0 Å². The summed E-state index contributed by atoms with van der Waals surface area (Å²) < 4.78 is 1.94. The molecule has 10 heteroatoms. The van der Waals surface area contributed by atoms with Crippen molar-refractivity contribution in [3.63, 3.8) is 0 Å². The highest BCUT2D eigenvalue weighted by molar-refractivity contribution is 6.05. The van der Waals surface area contributed by atoms with Gasteiger partial charge in [0.05, 0.1) is 11.4 Å². The number of terminal acetylenes is 1. The van der Waals surface area contributed by atoms with Gasteiger partial charge in [-0.1, -0.05) is 45.0 Å². The summed E-state index contributed by atoms with van der Waals surface area (Å²) in [6.07, 6.45) is 12.2. The van der Waals surface area contributed by atoms with Crippen LogP contribution in [0.25, 0.3) is 22.3 Å². The van der Waals surface area contributed by atoms with Gasteiger partial charge in [0.15, 0.2) is 5.65 Å². The first-order valence-corrected chi connectivity index (χ1v) is 16.8. The highest BCUT2D eigenvalue weighted by atomic mass is 16.2. The number of nitrogen functional groups attached to an aromatic ring is 1. The predicted molar refractivity (Wildman–Crippen MR) is 193 cm³/mol. The molecule has 1 atom stereocenters. The Hall–Kier alpha value is -5.01. The molecule has 48 heavy (non-hydrogen) atoms. The van der Waals surface area contributed by atoms with E-state index in [9.17, 15) is 9.59 Å². The first-order chi connectivity index (χ1) is 23.2. The second-order valence-electron chi connectivity index (χ2n) is 12.9. The van der Waals surface area contributed by atoms with Gasteiger partial charge in [-0.25, -0.2) is 14.6 Å². The minimum atomic E-state index is -0.186. The third-order valence-electron chi connectivity index (χ3n) is 8.93. The second-order valence-corrected chi connectivity index (χ2v) is 12.9. The molecular formula is C38H46N8O2. The highest BCUT2D eigenvalue weighted by Crippen LogP contribution is 2.34. The van der Waals surface area contributed by atoms with Gasteiger partial charge in [0.1, 0.15) is 17.8 Å². The summed E-state index contributed by atoms with van der Waals surface area (Å²) in [6, 6.07) is 13.4. The maximum atomic E-state index is 13.1. The van der Waals surface area contributed by atoms with Gasteiger partial charge in [-0.2, -0.15) is 5.10 Å². The maximum Gasteiger partial charge on any atom is 0.255 e. The zero-order chi connectivity index (χ0) is 34.2. The number of anilines is 2. The maximum absolute atomic E-state index is 13.1. The summed E-state index contributed by atoms with van der Waals surface area (Å²) in [5, 5.41) is 11.7. The van der Waals surface area contributed by atoms with Crippen molar-refractivity contribution in [1.29, 1.82) is 0 Å². The third kappa shape index (κ3) is 8.09.